The smallest absolute Gasteiger partial charge is 0.0234 e. The lowest BCUT2D eigenvalue weighted by Crippen LogP contribution is -2.45. The van der Waals surface area contributed by atoms with Crippen LogP contribution in [0.15, 0.2) is 29.2 Å². The summed E-state index contributed by atoms with van der Waals surface area (Å²) in [7, 11) is 0. The highest BCUT2D eigenvalue weighted by Gasteiger charge is 2.15. The van der Waals surface area contributed by atoms with Gasteiger partial charge in [-0.2, -0.15) is 0 Å². The lowest BCUT2D eigenvalue weighted by molar-refractivity contribution is 0.132. The quantitative estimate of drug-likeness (QED) is 0.803. The normalized spacial score (nSPS) is 18.9. The van der Waals surface area contributed by atoms with E-state index in [1.807, 2.05) is 0 Å². The van der Waals surface area contributed by atoms with Crippen LogP contribution in [0.25, 0.3) is 0 Å². The van der Waals surface area contributed by atoms with Gasteiger partial charge in [-0.15, -0.1) is 12.6 Å². The molecule has 1 saturated heterocycles. The highest BCUT2D eigenvalue weighted by atomic mass is 32.1. The van der Waals surface area contributed by atoms with E-state index >= 15 is 0 Å². The maximum absolute atomic E-state index is 4.30. The second kappa shape index (κ2) is 5.71. The average Bonchev–Trinajstić information content (AvgIpc) is 2.33. The van der Waals surface area contributed by atoms with E-state index in [0.717, 1.165) is 11.4 Å². The van der Waals surface area contributed by atoms with E-state index in [-0.39, 0.29) is 0 Å². The van der Waals surface area contributed by atoms with Crippen LogP contribution >= 0.6 is 12.6 Å². The Morgan fingerprint density at radius 1 is 1.00 bits per heavy atom. The zero-order chi connectivity index (χ0) is 11.4. The molecule has 0 bridgehead atoms. The second-order valence-corrected chi connectivity index (χ2v) is 4.89. The first-order valence-corrected chi connectivity index (χ1v) is 6.45. The van der Waals surface area contributed by atoms with Gasteiger partial charge in [0.2, 0.25) is 0 Å². The van der Waals surface area contributed by atoms with Crippen molar-refractivity contribution in [1.82, 2.24) is 9.80 Å². The highest BCUT2D eigenvalue weighted by molar-refractivity contribution is 7.80. The predicted octanol–water partition coefficient (Wildman–Crippen LogP) is 2.11. The molecule has 16 heavy (non-hydrogen) atoms. The van der Waals surface area contributed by atoms with Crippen molar-refractivity contribution in [2.45, 2.75) is 18.4 Å². The molecule has 0 saturated carbocycles. The summed E-state index contributed by atoms with van der Waals surface area (Å²) in [4.78, 5) is 6.08. The van der Waals surface area contributed by atoms with Crippen LogP contribution in [0.3, 0.4) is 0 Å². The SMILES string of the molecule is CCN1CCN(Cc2ccc(S)cc2)CC1. The monoisotopic (exact) mass is 236 g/mol. The van der Waals surface area contributed by atoms with Gasteiger partial charge in [-0.05, 0) is 24.2 Å². The van der Waals surface area contributed by atoms with Gasteiger partial charge in [-0.25, -0.2) is 0 Å². The zero-order valence-corrected chi connectivity index (χ0v) is 10.8. The molecule has 0 atom stereocenters. The Morgan fingerprint density at radius 3 is 2.12 bits per heavy atom. The largest absolute Gasteiger partial charge is 0.301 e. The molecule has 2 nitrogen and oxygen atoms in total. The van der Waals surface area contributed by atoms with Crippen molar-refractivity contribution in [3.8, 4) is 0 Å². The summed E-state index contributed by atoms with van der Waals surface area (Å²) in [6.45, 7) is 9.30. The number of benzene rings is 1. The molecule has 0 unspecified atom stereocenters. The summed E-state index contributed by atoms with van der Waals surface area (Å²) >= 11 is 4.30. The summed E-state index contributed by atoms with van der Waals surface area (Å²) in [5.74, 6) is 0. The molecule has 1 aromatic rings. The second-order valence-electron chi connectivity index (χ2n) is 4.38. The summed E-state index contributed by atoms with van der Waals surface area (Å²) < 4.78 is 0. The van der Waals surface area contributed by atoms with Crippen molar-refractivity contribution in [2.24, 2.45) is 0 Å². The topological polar surface area (TPSA) is 6.48 Å². The molecule has 0 aromatic heterocycles. The minimum Gasteiger partial charge on any atom is -0.301 e. The molecule has 0 amide bonds. The van der Waals surface area contributed by atoms with Crippen molar-refractivity contribution in [3.63, 3.8) is 0 Å². The van der Waals surface area contributed by atoms with E-state index in [1.54, 1.807) is 0 Å². The molecule has 88 valence electrons. The Bertz CT molecular complexity index is 315. The minimum atomic E-state index is 1.04. The van der Waals surface area contributed by atoms with Crippen LogP contribution in [0.2, 0.25) is 0 Å². The van der Waals surface area contributed by atoms with Gasteiger partial charge in [-0.1, -0.05) is 19.1 Å². The van der Waals surface area contributed by atoms with Crippen LogP contribution in [-0.4, -0.2) is 42.5 Å². The molecule has 0 N–H and O–H groups in total. The van der Waals surface area contributed by atoms with Crippen LogP contribution in [0.5, 0.6) is 0 Å². The molecule has 1 aliphatic heterocycles. The molecule has 2 rings (SSSR count). The standard InChI is InChI=1S/C13H20N2S/c1-2-14-7-9-15(10-8-14)11-12-3-5-13(16)6-4-12/h3-6,16H,2,7-11H2,1H3. The molecule has 0 aliphatic carbocycles. The molecule has 1 aliphatic rings. The Labute approximate surface area is 104 Å². The first-order valence-electron chi connectivity index (χ1n) is 6.00. The maximum Gasteiger partial charge on any atom is 0.0234 e. The average molecular weight is 236 g/mol. The number of likely N-dealkylation sites (N-methyl/N-ethyl adjacent to an activating group) is 1. The van der Waals surface area contributed by atoms with Gasteiger partial charge < -0.3 is 4.90 Å². The predicted molar refractivity (Wildman–Crippen MR) is 71.1 cm³/mol. The fourth-order valence-corrected chi connectivity index (χ4v) is 2.27. The number of rotatable bonds is 3. The molecular formula is C13H20N2S. The Morgan fingerprint density at radius 2 is 1.56 bits per heavy atom. The van der Waals surface area contributed by atoms with Crippen LogP contribution < -0.4 is 0 Å². The fourth-order valence-electron chi connectivity index (χ4n) is 2.12. The lowest BCUT2D eigenvalue weighted by Gasteiger charge is -2.34. The lowest BCUT2D eigenvalue weighted by atomic mass is 10.2. The summed E-state index contributed by atoms with van der Waals surface area (Å²) in [6.07, 6.45) is 0. The summed E-state index contributed by atoms with van der Waals surface area (Å²) in [5, 5.41) is 0. The third-order valence-corrected chi connectivity index (χ3v) is 3.55. The van der Waals surface area contributed by atoms with Gasteiger partial charge in [0.15, 0.2) is 0 Å². The summed E-state index contributed by atoms with van der Waals surface area (Å²) in [5.41, 5.74) is 1.39. The number of hydrogen-bond donors (Lipinski definition) is 1. The van der Waals surface area contributed by atoms with Gasteiger partial charge in [0, 0.05) is 37.6 Å². The first-order chi connectivity index (χ1) is 7.78. The van der Waals surface area contributed by atoms with Crippen molar-refractivity contribution in [1.29, 1.82) is 0 Å². The minimum absolute atomic E-state index is 1.04. The third kappa shape index (κ3) is 3.24. The molecular weight excluding hydrogens is 216 g/mol. The zero-order valence-electron chi connectivity index (χ0n) is 9.89. The molecule has 0 spiro atoms. The van der Waals surface area contributed by atoms with Gasteiger partial charge in [0.1, 0.15) is 0 Å². The van der Waals surface area contributed by atoms with E-state index in [2.05, 4.69) is 53.6 Å². The van der Waals surface area contributed by atoms with Crippen LogP contribution in [0.1, 0.15) is 12.5 Å². The summed E-state index contributed by atoms with van der Waals surface area (Å²) in [6, 6.07) is 8.49. The molecule has 3 heteroatoms. The fraction of sp³-hybridized carbons (Fsp3) is 0.538. The Balaban J connectivity index is 1.84. The third-order valence-electron chi connectivity index (χ3n) is 3.25. The highest BCUT2D eigenvalue weighted by Crippen LogP contribution is 2.11. The van der Waals surface area contributed by atoms with Crippen LogP contribution in [0, 0.1) is 0 Å². The maximum atomic E-state index is 4.30. The van der Waals surface area contributed by atoms with Gasteiger partial charge in [0.05, 0.1) is 0 Å². The van der Waals surface area contributed by atoms with E-state index < -0.39 is 0 Å². The number of hydrogen-bond acceptors (Lipinski definition) is 3. The van der Waals surface area contributed by atoms with Crippen LogP contribution in [0.4, 0.5) is 0 Å². The van der Waals surface area contributed by atoms with Crippen molar-refractivity contribution >= 4 is 12.6 Å². The number of piperazine rings is 1. The Kier molecular flexibility index (Phi) is 4.27. The van der Waals surface area contributed by atoms with Gasteiger partial charge in [0.25, 0.3) is 0 Å². The van der Waals surface area contributed by atoms with E-state index in [9.17, 15) is 0 Å². The number of nitrogens with zero attached hydrogens (tertiary/aromatic N) is 2. The Hall–Kier alpha value is -0.510. The van der Waals surface area contributed by atoms with E-state index in [0.29, 0.717) is 0 Å². The van der Waals surface area contributed by atoms with Gasteiger partial charge >= 0.3 is 0 Å². The van der Waals surface area contributed by atoms with E-state index in [4.69, 9.17) is 0 Å². The molecule has 0 radical (unpaired) electrons. The van der Waals surface area contributed by atoms with Crippen molar-refractivity contribution in [3.05, 3.63) is 29.8 Å². The van der Waals surface area contributed by atoms with Crippen molar-refractivity contribution in [2.75, 3.05) is 32.7 Å². The van der Waals surface area contributed by atoms with Gasteiger partial charge in [-0.3, -0.25) is 4.90 Å². The van der Waals surface area contributed by atoms with E-state index in [1.165, 1.54) is 38.3 Å². The molecule has 1 heterocycles. The molecule has 1 fully saturated rings. The van der Waals surface area contributed by atoms with Crippen LogP contribution in [-0.2, 0) is 6.54 Å². The number of thiol groups is 1. The van der Waals surface area contributed by atoms with Crippen molar-refractivity contribution < 1.29 is 0 Å². The first kappa shape index (κ1) is 12.0. The molecule has 1 aromatic carbocycles.